The zero-order chi connectivity index (χ0) is 25.7. The minimum atomic E-state index is -4.51. The van der Waals surface area contributed by atoms with Crippen LogP contribution >= 0.6 is 0 Å². The number of anilines is 1. The number of nitrogens with one attached hydrogen (secondary N) is 1. The first-order valence-electron chi connectivity index (χ1n) is 12.7. The quantitative estimate of drug-likeness (QED) is 0.632. The van der Waals surface area contributed by atoms with Gasteiger partial charge in [0.15, 0.2) is 11.5 Å². The van der Waals surface area contributed by atoms with Gasteiger partial charge in [-0.05, 0) is 69.8 Å². The third-order valence-electron chi connectivity index (χ3n) is 7.20. The average Bonchev–Trinajstić information content (AvgIpc) is 2.85. The minimum absolute atomic E-state index is 0.0883. The van der Waals surface area contributed by atoms with Crippen LogP contribution in [0.1, 0.15) is 44.4 Å². The summed E-state index contributed by atoms with van der Waals surface area (Å²) < 4.78 is 38.3. The highest BCUT2D eigenvalue weighted by atomic mass is 19.4. The highest BCUT2D eigenvalue weighted by Gasteiger charge is 2.35. The summed E-state index contributed by atoms with van der Waals surface area (Å²) in [7, 11) is 0. The first-order chi connectivity index (χ1) is 17.2. The van der Waals surface area contributed by atoms with E-state index in [4.69, 9.17) is 0 Å². The Balaban J connectivity index is 1.20. The highest BCUT2D eigenvalue weighted by molar-refractivity contribution is 5.75. The Morgan fingerprint density at radius 2 is 1.67 bits per heavy atom. The van der Waals surface area contributed by atoms with Gasteiger partial charge in [0.1, 0.15) is 0 Å². The van der Waals surface area contributed by atoms with Gasteiger partial charge in [-0.1, -0.05) is 30.3 Å². The molecule has 7 nitrogen and oxygen atoms in total. The van der Waals surface area contributed by atoms with E-state index in [1.54, 1.807) is 0 Å². The lowest BCUT2D eigenvalue weighted by Crippen LogP contribution is -2.61. The summed E-state index contributed by atoms with van der Waals surface area (Å²) in [6.07, 6.45) is -1.26. The molecular formula is C26H35F3N6O. The van der Waals surface area contributed by atoms with E-state index in [0.29, 0.717) is 31.4 Å². The maximum atomic E-state index is 12.9. The van der Waals surface area contributed by atoms with E-state index in [-0.39, 0.29) is 18.1 Å². The van der Waals surface area contributed by atoms with E-state index < -0.39 is 11.9 Å². The van der Waals surface area contributed by atoms with Crippen LogP contribution in [-0.4, -0.2) is 70.8 Å². The fourth-order valence-electron chi connectivity index (χ4n) is 5.30. The number of hydrogen-bond donors (Lipinski definition) is 1. The maximum absolute atomic E-state index is 12.9. The molecule has 0 spiro atoms. The second-order valence-electron chi connectivity index (χ2n) is 10.0. The van der Waals surface area contributed by atoms with Gasteiger partial charge in [-0.25, -0.2) is 4.79 Å². The number of benzene rings is 1. The highest BCUT2D eigenvalue weighted by Crippen LogP contribution is 2.28. The number of hydrogen-bond acceptors (Lipinski definition) is 5. The first-order valence-corrected chi connectivity index (χ1v) is 12.7. The fraction of sp³-hybridized carbons (Fsp3) is 0.577. The van der Waals surface area contributed by atoms with Crippen molar-refractivity contribution in [3.05, 3.63) is 53.7 Å². The molecule has 2 aromatic rings. The normalized spacial score (nSPS) is 22.0. The summed E-state index contributed by atoms with van der Waals surface area (Å²) in [5, 5.41) is 10.2. The predicted octanol–water partition coefficient (Wildman–Crippen LogP) is 4.41. The summed E-state index contributed by atoms with van der Waals surface area (Å²) >= 11 is 0. The van der Waals surface area contributed by atoms with Crippen LogP contribution in [0.5, 0.6) is 0 Å². The molecule has 2 amide bonds. The molecule has 4 rings (SSSR count). The Morgan fingerprint density at radius 3 is 2.25 bits per heavy atom. The molecule has 0 bridgehead atoms. The smallest absolute Gasteiger partial charge is 0.351 e. The minimum Gasteiger partial charge on any atom is -0.351 e. The van der Waals surface area contributed by atoms with Gasteiger partial charge in [0.05, 0.1) is 0 Å². The van der Waals surface area contributed by atoms with Gasteiger partial charge in [0.2, 0.25) is 0 Å². The molecule has 1 aromatic carbocycles. The van der Waals surface area contributed by atoms with Gasteiger partial charge < -0.3 is 15.1 Å². The molecule has 1 N–H and O–H groups in total. The molecule has 36 heavy (non-hydrogen) atoms. The van der Waals surface area contributed by atoms with Crippen molar-refractivity contribution in [3.63, 3.8) is 0 Å². The van der Waals surface area contributed by atoms with Crippen molar-refractivity contribution < 1.29 is 18.0 Å². The van der Waals surface area contributed by atoms with Gasteiger partial charge in [-0.15, -0.1) is 10.2 Å². The lowest BCUT2D eigenvalue weighted by atomic mass is 9.93. The van der Waals surface area contributed by atoms with Crippen molar-refractivity contribution in [3.8, 4) is 0 Å². The molecule has 0 saturated carbocycles. The first kappa shape index (κ1) is 26.2. The van der Waals surface area contributed by atoms with Crippen LogP contribution in [0.25, 0.3) is 0 Å². The van der Waals surface area contributed by atoms with Crippen LogP contribution < -0.4 is 10.2 Å². The molecule has 10 heteroatoms. The van der Waals surface area contributed by atoms with Crippen molar-refractivity contribution in [2.45, 2.75) is 57.9 Å². The third kappa shape index (κ3) is 6.66. The molecule has 2 aliphatic heterocycles. The Morgan fingerprint density at radius 1 is 1.00 bits per heavy atom. The summed E-state index contributed by atoms with van der Waals surface area (Å²) in [6, 6.07) is 12.5. The number of rotatable bonds is 6. The number of carbonyl (C=O) groups excluding carboxylic acids is 1. The number of amides is 2. The SMILES string of the molecule is CC1CN(c2ccc(C(F)(F)F)nn2)CC(C)N1C(=O)NCCC1CCN(Cc2ccccc2)CC1. The van der Waals surface area contributed by atoms with Gasteiger partial charge >= 0.3 is 12.2 Å². The third-order valence-corrected chi connectivity index (χ3v) is 7.20. The van der Waals surface area contributed by atoms with Gasteiger partial charge in [0.25, 0.3) is 0 Å². The molecular weight excluding hydrogens is 469 g/mol. The van der Waals surface area contributed by atoms with Gasteiger partial charge in [-0.3, -0.25) is 4.90 Å². The lowest BCUT2D eigenvalue weighted by molar-refractivity contribution is -0.141. The lowest BCUT2D eigenvalue weighted by Gasteiger charge is -2.44. The van der Waals surface area contributed by atoms with Crippen molar-refractivity contribution in [2.24, 2.45) is 5.92 Å². The van der Waals surface area contributed by atoms with E-state index >= 15 is 0 Å². The monoisotopic (exact) mass is 504 g/mol. The molecule has 2 unspecified atom stereocenters. The van der Waals surface area contributed by atoms with E-state index in [1.165, 1.54) is 11.6 Å². The fourth-order valence-corrected chi connectivity index (χ4v) is 5.30. The second kappa shape index (κ2) is 11.5. The molecule has 1 aromatic heterocycles. The van der Waals surface area contributed by atoms with Crippen LogP contribution in [0.15, 0.2) is 42.5 Å². The second-order valence-corrected chi connectivity index (χ2v) is 10.0. The number of aromatic nitrogens is 2. The van der Waals surface area contributed by atoms with Crippen molar-refractivity contribution in [1.29, 1.82) is 0 Å². The van der Waals surface area contributed by atoms with Crippen LogP contribution in [0.3, 0.4) is 0 Å². The Kier molecular flexibility index (Phi) is 8.33. The van der Waals surface area contributed by atoms with E-state index in [1.807, 2.05) is 29.7 Å². The largest absolute Gasteiger partial charge is 0.435 e. The molecule has 196 valence electrons. The van der Waals surface area contributed by atoms with E-state index in [2.05, 4.69) is 44.7 Å². The standard InChI is InChI=1S/C26H35F3N6O/c1-19-16-34(24-9-8-23(31-32-24)26(27,28)29)17-20(2)35(19)25(36)30-13-10-21-11-14-33(15-12-21)18-22-6-4-3-5-7-22/h3-9,19-21H,10-18H2,1-2H3,(H,30,36). The summed E-state index contributed by atoms with van der Waals surface area (Å²) in [5.41, 5.74) is 0.337. The van der Waals surface area contributed by atoms with E-state index in [0.717, 1.165) is 45.0 Å². The molecule has 0 radical (unpaired) electrons. The molecule has 2 atom stereocenters. The number of nitrogens with zero attached hydrogens (tertiary/aromatic N) is 5. The molecule has 0 aliphatic carbocycles. The number of piperazine rings is 1. The van der Waals surface area contributed by atoms with Crippen LogP contribution in [0.4, 0.5) is 23.8 Å². The summed E-state index contributed by atoms with van der Waals surface area (Å²) in [6.45, 7) is 8.66. The number of urea groups is 1. The Hall–Kier alpha value is -2.88. The zero-order valence-corrected chi connectivity index (χ0v) is 20.9. The van der Waals surface area contributed by atoms with E-state index in [9.17, 15) is 18.0 Å². The summed E-state index contributed by atoms with van der Waals surface area (Å²) in [4.78, 5) is 19.2. The molecule has 3 heterocycles. The number of halogens is 3. The Labute approximate surface area is 210 Å². The molecule has 2 saturated heterocycles. The number of carbonyl (C=O) groups is 1. The molecule has 2 fully saturated rings. The van der Waals surface area contributed by atoms with Crippen LogP contribution in [0.2, 0.25) is 0 Å². The van der Waals surface area contributed by atoms with Gasteiger partial charge in [-0.2, -0.15) is 13.2 Å². The average molecular weight is 505 g/mol. The predicted molar refractivity (Wildman–Crippen MR) is 132 cm³/mol. The number of likely N-dealkylation sites (tertiary alicyclic amines) is 1. The zero-order valence-electron chi connectivity index (χ0n) is 20.9. The van der Waals surface area contributed by atoms with Crippen molar-refractivity contribution in [2.75, 3.05) is 37.6 Å². The van der Waals surface area contributed by atoms with Crippen LogP contribution in [0, 0.1) is 5.92 Å². The molecule has 2 aliphatic rings. The van der Waals surface area contributed by atoms with Crippen molar-refractivity contribution >= 4 is 11.8 Å². The van der Waals surface area contributed by atoms with Gasteiger partial charge in [0, 0.05) is 38.3 Å². The van der Waals surface area contributed by atoms with Crippen LogP contribution in [-0.2, 0) is 12.7 Å². The summed E-state index contributed by atoms with van der Waals surface area (Å²) in [5.74, 6) is 1.00. The maximum Gasteiger partial charge on any atom is 0.435 e. The number of alkyl halides is 3. The topological polar surface area (TPSA) is 64.6 Å². The number of piperidine rings is 1. The Bertz CT molecular complexity index is 967. The van der Waals surface area contributed by atoms with Crippen molar-refractivity contribution in [1.82, 2.24) is 25.3 Å².